The number of hydrogen-bond acceptors (Lipinski definition) is 6. The lowest BCUT2D eigenvalue weighted by Gasteiger charge is -2.36. The summed E-state index contributed by atoms with van der Waals surface area (Å²) in [6, 6.07) is 11.9. The SMILES string of the molecule is COC(=O)CCC1CN(S(=O)(=O)c2cccc(OC(F)F)c2)c2cc(C=C(C)c3c(F)cccc3Cl)c(Cl)cc2O1. The summed E-state index contributed by atoms with van der Waals surface area (Å²) in [4.78, 5) is 11.4. The van der Waals surface area contributed by atoms with Crippen LogP contribution in [0.15, 0.2) is 59.5 Å². The van der Waals surface area contributed by atoms with Gasteiger partial charge in [-0.2, -0.15) is 8.78 Å². The highest BCUT2D eigenvalue weighted by atomic mass is 35.5. The third kappa shape index (κ3) is 6.91. The van der Waals surface area contributed by atoms with Crippen LogP contribution < -0.4 is 13.8 Å². The average Bonchev–Trinajstić information content (AvgIpc) is 2.91. The molecule has 0 aliphatic carbocycles. The quantitative estimate of drug-likeness (QED) is 0.184. The van der Waals surface area contributed by atoms with E-state index in [9.17, 15) is 26.4 Å². The van der Waals surface area contributed by atoms with E-state index in [4.69, 9.17) is 27.9 Å². The summed E-state index contributed by atoms with van der Waals surface area (Å²) in [6.07, 6.45) is 0.863. The Morgan fingerprint density at radius 1 is 1.15 bits per heavy atom. The molecule has 0 amide bonds. The predicted molar refractivity (Wildman–Crippen MR) is 150 cm³/mol. The van der Waals surface area contributed by atoms with Gasteiger partial charge in [0.25, 0.3) is 10.0 Å². The number of rotatable bonds is 9. The van der Waals surface area contributed by atoms with E-state index in [1.807, 2.05) is 0 Å². The van der Waals surface area contributed by atoms with Crippen LogP contribution in [0.1, 0.15) is 30.9 Å². The van der Waals surface area contributed by atoms with E-state index >= 15 is 0 Å². The molecule has 218 valence electrons. The minimum Gasteiger partial charge on any atom is -0.486 e. The molecular formula is C28H24Cl2F3NO6S. The molecule has 3 aromatic rings. The standard InChI is InChI=1S/C28H24Cl2F3NO6S/c1-16(27-21(29)7-4-8-23(27)31)11-17-12-24-25(14-22(17)30)39-19(9-10-26(35)38-2)15-34(24)41(36,37)20-6-3-5-18(13-20)40-28(32)33/h3-8,11-14,19,28H,9-10,15H2,1-2H3. The molecule has 0 bridgehead atoms. The fourth-order valence-corrected chi connectivity index (χ4v) is 6.39. The largest absolute Gasteiger partial charge is 0.486 e. The molecule has 0 fully saturated rings. The highest BCUT2D eigenvalue weighted by Crippen LogP contribution is 2.42. The normalized spacial score (nSPS) is 15.4. The van der Waals surface area contributed by atoms with Crippen LogP contribution in [-0.2, 0) is 19.6 Å². The van der Waals surface area contributed by atoms with Gasteiger partial charge in [0.1, 0.15) is 23.4 Å². The number of sulfonamides is 1. The monoisotopic (exact) mass is 629 g/mol. The van der Waals surface area contributed by atoms with E-state index < -0.39 is 34.5 Å². The number of hydrogen-bond donors (Lipinski definition) is 0. The number of anilines is 1. The Morgan fingerprint density at radius 2 is 1.88 bits per heavy atom. The molecule has 1 aliphatic rings. The molecule has 4 rings (SSSR count). The van der Waals surface area contributed by atoms with E-state index in [1.165, 1.54) is 55.6 Å². The smallest absolute Gasteiger partial charge is 0.387 e. The minimum atomic E-state index is -4.37. The molecule has 41 heavy (non-hydrogen) atoms. The summed E-state index contributed by atoms with van der Waals surface area (Å²) in [5.74, 6) is -1.29. The Morgan fingerprint density at radius 3 is 2.56 bits per heavy atom. The second kappa shape index (κ2) is 12.6. The first-order valence-electron chi connectivity index (χ1n) is 12.2. The van der Waals surface area contributed by atoms with Crippen molar-refractivity contribution < 1.29 is 40.6 Å². The number of alkyl halides is 2. The van der Waals surface area contributed by atoms with E-state index in [0.29, 0.717) is 11.1 Å². The van der Waals surface area contributed by atoms with Crippen molar-refractivity contribution in [1.82, 2.24) is 0 Å². The first-order chi connectivity index (χ1) is 19.4. The Labute approximate surface area is 245 Å². The van der Waals surface area contributed by atoms with E-state index in [1.54, 1.807) is 13.0 Å². The molecule has 7 nitrogen and oxygen atoms in total. The molecule has 0 spiro atoms. The molecule has 1 aliphatic heterocycles. The van der Waals surface area contributed by atoms with Crippen LogP contribution in [0.25, 0.3) is 11.6 Å². The van der Waals surface area contributed by atoms with Crippen molar-refractivity contribution >= 4 is 56.5 Å². The molecule has 3 aromatic carbocycles. The second-order valence-electron chi connectivity index (χ2n) is 9.01. The van der Waals surface area contributed by atoms with Gasteiger partial charge in [-0.25, -0.2) is 12.8 Å². The van der Waals surface area contributed by atoms with Gasteiger partial charge < -0.3 is 14.2 Å². The number of fused-ring (bicyclic) bond motifs is 1. The average molecular weight is 630 g/mol. The van der Waals surface area contributed by atoms with Gasteiger partial charge in [-0.05, 0) is 60.9 Å². The maximum Gasteiger partial charge on any atom is 0.387 e. The lowest BCUT2D eigenvalue weighted by atomic mass is 10.0. The Kier molecular flexibility index (Phi) is 9.41. The van der Waals surface area contributed by atoms with Crippen LogP contribution in [0.2, 0.25) is 10.0 Å². The highest BCUT2D eigenvalue weighted by molar-refractivity contribution is 7.92. The number of methoxy groups -OCH3 is 1. The number of carbonyl (C=O) groups excluding carboxylic acids is 1. The number of esters is 1. The molecule has 1 atom stereocenters. The molecule has 0 saturated carbocycles. The Bertz CT molecular complexity index is 1580. The Balaban J connectivity index is 1.81. The van der Waals surface area contributed by atoms with Crippen LogP contribution in [0.5, 0.6) is 11.5 Å². The van der Waals surface area contributed by atoms with Gasteiger partial charge >= 0.3 is 12.6 Å². The molecule has 13 heteroatoms. The maximum atomic E-state index is 14.5. The zero-order chi connectivity index (χ0) is 29.9. The number of ether oxygens (including phenoxy) is 3. The van der Waals surface area contributed by atoms with Crippen molar-refractivity contribution in [2.75, 3.05) is 18.0 Å². The van der Waals surface area contributed by atoms with Crippen LogP contribution in [0.3, 0.4) is 0 Å². The third-order valence-electron chi connectivity index (χ3n) is 6.26. The zero-order valence-electron chi connectivity index (χ0n) is 21.7. The molecule has 0 N–H and O–H groups in total. The first kappa shape index (κ1) is 30.5. The van der Waals surface area contributed by atoms with Crippen molar-refractivity contribution in [3.05, 3.63) is 81.6 Å². The van der Waals surface area contributed by atoms with Crippen molar-refractivity contribution in [1.29, 1.82) is 0 Å². The molecule has 0 saturated heterocycles. The van der Waals surface area contributed by atoms with Gasteiger partial charge in [0.2, 0.25) is 0 Å². The summed E-state index contributed by atoms with van der Waals surface area (Å²) in [6.45, 7) is -1.74. The van der Waals surface area contributed by atoms with Crippen LogP contribution in [0, 0.1) is 5.82 Å². The maximum absolute atomic E-state index is 14.5. The second-order valence-corrected chi connectivity index (χ2v) is 11.7. The summed E-state index contributed by atoms with van der Waals surface area (Å²) in [7, 11) is -3.14. The fraction of sp³-hybridized carbons (Fsp3) is 0.250. The summed E-state index contributed by atoms with van der Waals surface area (Å²) >= 11 is 12.7. The topological polar surface area (TPSA) is 82.1 Å². The van der Waals surface area contributed by atoms with Crippen LogP contribution >= 0.6 is 23.2 Å². The highest BCUT2D eigenvalue weighted by Gasteiger charge is 2.36. The predicted octanol–water partition coefficient (Wildman–Crippen LogP) is 7.20. The van der Waals surface area contributed by atoms with E-state index in [-0.39, 0.29) is 57.1 Å². The zero-order valence-corrected chi connectivity index (χ0v) is 24.1. The van der Waals surface area contributed by atoms with Gasteiger partial charge in [-0.15, -0.1) is 0 Å². The molecular weight excluding hydrogens is 606 g/mol. The van der Waals surface area contributed by atoms with Crippen LogP contribution in [0.4, 0.5) is 18.9 Å². The number of benzene rings is 3. The minimum absolute atomic E-state index is 0.0424. The van der Waals surface area contributed by atoms with E-state index in [0.717, 1.165) is 10.4 Å². The van der Waals surface area contributed by atoms with Gasteiger partial charge in [-0.1, -0.05) is 35.3 Å². The Hall–Kier alpha value is -3.41. The van der Waals surface area contributed by atoms with Gasteiger partial charge in [-0.3, -0.25) is 9.10 Å². The molecule has 1 heterocycles. The lowest BCUT2D eigenvalue weighted by molar-refractivity contribution is -0.141. The number of carbonyl (C=O) groups is 1. The third-order valence-corrected chi connectivity index (χ3v) is 8.67. The fourth-order valence-electron chi connectivity index (χ4n) is 4.34. The van der Waals surface area contributed by atoms with Gasteiger partial charge in [0.15, 0.2) is 0 Å². The van der Waals surface area contributed by atoms with Crippen molar-refractivity contribution in [2.45, 2.75) is 37.4 Å². The van der Waals surface area contributed by atoms with Crippen molar-refractivity contribution in [3.63, 3.8) is 0 Å². The number of allylic oxidation sites excluding steroid dienone is 1. The summed E-state index contributed by atoms with van der Waals surface area (Å²) in [5.41, 5.74) is 1.02. The van der Waals surface area contributed by atoms with Crippen molar-refractivity contribution in [2.24, 2.45) is 0 Å². The molecule has 1 unspecified atom stereocenters. The van der Waals surface area contributed by atoms with Crippen LogP contribution in [-0.4, -0.2) is 40.8 Å². The first-order valence-corrected chi connectivity index (χ1v) is 14.4. The summed E-state index contributed by atoms with van der Waals surface area (Å²) in [5, 5.41) is 0.355. The lowest BCUT2D eigenvalue weighted by Crippen LogP contribution is -2.43. The molecule has 0 radical (unpaired) electrons. The number of halogens is 5. The molecule has 0 aromatic heterocycles. The van der Waals surface area contributed by atoms with Gasteiger partial charge in [0, 0.05) is 24.1 Å². The van der Waals surface area contributed by atoms with Gasteiger partial charge in [0.05, 0.1) is 34.3 Å². The van der Waals surface area contributed by atoms with E-state index in [2.05, 4.69) is 9.47 Å². The summed E-state index contributed by atoms with van der Waals surface area (Å²) < 4.78 is 84.0. The number of nitrogens with zero attached hydrogens (tertiary/aromatic N) is 1. The van der Waals surface area contributed by atoms with Crippen molar-refractivity contribution in [3.8, 4) is 11.5 Å².